The maximum atomic E-state index is 14.9. The molecule has 4 rings (SSSR count). The quantitative estimate of drug-likeness (QED) is 0.367. The second kappa shape index (κ2) is 9.31. The largest absolute Gasteiger partial charge is 0.468 e. The Hall–Kier alpha value is -3.04. The third-order valence-corrected chi connectivity index (χ3v) is 7.27. The summed E-state index contributed by atoms with van der Waals surface area (Å²) in [6.45, 7) is 1.39. The number of amides is 2. The first-order valence-electron chi connectivity index (χ1n) is 10.8. The number of fused-ring (bicyclic) bond motifs is 1. The van der Waals surface area contributed by atoms with Gasteiger partial charge in [0.15, 0.2) is 5.78 Å². The van der Waals surface area contributed by atoms with E-state index in [0.717, 1.165) is 4.90 Å². The van der Waals surface area contributed by atoms with E-state index in [1.807, 2.05) is 6.26 Å². The van der Waals surface area contributed by atoms with Crippen LogP contribution in [0, 0.1) is 17.7 Å². The Morgan fingerprint density at radius 1 is 1.15 bits per heavy atom. The van der Waals surface area contributed by atoms with Gasteiger partial charge >= 0.3 is 5.97 Å². The lowest BCUT2D eigenvalue weighted by atomic mass is 9.78. The number of anilines is 1. The van der Waals surface area contributed by atoms with Gasteiger partial charge in [0.2, 0.25) is 11.8 Å². The second-order valence-electron chi connectivity index (χ2n) is 8.47. The summed E-state index contributed by atoms with van der Waals surface area (Å²) in [4.78, 5) is 53.6. The van der Waals surface area contributed by atoms with Crippen molar-refractivity contribution >= 4 is 41.0 Å². The number of carbonyl (C=O) groups is 4. The Morgan fingerprint density at radius 3 is 2.53 bits per heavy atom. The summed E-state index contributed by atoms with van der Waals surface area (Å²) in [5.74, 6) is -4.15. The molecule has 0 spiro atoms. The number of ketones is 1. The summed E-state index contributed by atoms with van der Waals surface area (Å²) in [5, 5.41) is 3.16. The zero-order chi connectivity index (χ0) is 24.6. The molecule has 4 atom stereocenters. The molecule has 2 saturated heterocycles. The van der Waals surface area contributed by atoms with Gasteiger partial charge in [-0.25, -0.2) is 9.29 Å². The molecule has 2 heterocycles. The maximum Gasteiger partial charge on any atom is 0.326 e. The number of carbonyl (C=O) groups excluding carboxylic acids is 4. The van der Waals surface area contributed by atoms with Gasteiger partial charge in [0.05, 0.1) is 24.6 Å². The average Bonchev–Trinajstić information content (AvgIpc) is 3.31. The van der Waals surface area contributed by atoms with E-state index in [2.05, 4.69) is 5.32 Å². The van der Waals surface area contributed by atoms with Crippen molar-refractivity contribution in [3.05, 3.63) is 65.5 Å². The lowest BCUT2D eigenvalue weighted by molar-refractivity contribution is -0.152. The first-order valence-corrected chi connectivity index (χ1v) is 12.2. The molecule has 0 aliphatic carbocycles. The van der Waals surface area contributed by atoms with E-state index in [0.29, 0.717) is 11.3 Å². The van der Waals surface area contributed by atoms with Gasteiger partial charge in [-0.05, 0) is 43.6 Å². The fraction of sp³-hybridized carbons (Fsp3) is 0.360. The highest BCUT2D eigenvalue weighted by Gasteiger charge is 2.68. The number of ether oxygens (including phenoxy) is 1. The predicted molar refractivity (Wildman–Crippen MR) is 126 cm³/mol. The molecular weight excluding hydrogens is 459 g/mol. The van der Waals surface area contributed by atoms with Gasteiger partial charge < -0.3 is 4.74 Å². The number of benzene rings is 2. The molecule has 0 aromatic heterocycles. The average molecular weight is 485 g/mol. The van der Waals surface area contributed by atoms with E-state index in [9.17, 15) is 23.6 Å². The van der Waals surface area contributed by atoms with Crippen LogP contribution in [0.15, 0.2) is 48.5 Å². The van der Waals surface area contributed by atoms with Crippen molar-refractivity contribution in [2.75, 3.05) is 24.0 Å². The highest BCUT2D eigenvalue weighted by molar-refractivity contribution is 7.98. The first-order chi connectivity index (χ1) is 16.3. The zero-order valence-electron chi connectivity index (χ0n) is 19.0. The summed E-state index contributed by atoms with van der Waals surface area (Å²) >= 11 is 1.48. The Labute approximate surface area is 201 Å². The SMILES string of the molecule is COC(=O)[C@]1(CCSC)N[C@H](c2ccccc2F)[C@@H]2C(=O)N(c3cccc(C(C)=O)c3)C(=O)[C@H]21. The topological polar surface area (TPSA) is 92.8 Å². The molecule has 2 aromatic rings. The van der Waals surface area contributed by atoms with Crippen LogP contribution in [0.3, 0.4) is 0 Å². The van der Waals surface area contributed by atoms with Crippen molar-refractivity contribution in [3.8, 4) is 0 Å². The van der Waals surface area contributed by atoms with Crippen molar-refractivity contribution in [3.63, 3.8) is 0 Å². The number of Topliss-reactive ketones (excluding diaryl/α,β-unsaturated/α-hetero) is 1. The van der Waals surface area contributed by atoms with E-state index in [-0.39, 0.29) is 23.5 Å². The minimum Gasteiger partial charge on any atom is -0.468 e. The highest BCUT2D eigenvalue weighted by atomic mass is 32.2. The number of hydrogen-bond acceptors (Lipinski definition) is 7. The normalized spacial score (nSPS) is 26.0. The number of rotatable bonds is 7. The van der Waals surface area contributed by atoms with Crippen LogP contribution in [0.4, 0.5) is 10.1 Å². The number of imide groups is 1. The third-order valence-electron chi connectivity index (χ3n) is 6.66. The number of halogens is 1. The van der Waals surface area contributed by atoms with Crippen molar-refractivity contribution in [2.24, 2.45) is 11.8 Å². The van der Waals surface area contributed by atoms with Crippen molar-refractivity contribution in [2.45, 2.75) is 24.9 Å². The molecule has 1 N–H and O–H groups in total. The molecule has 7 nitrogen and oxygen atoms in total. The molecule has 2 aromatic carbocycles. The molecule has 34 heavy (non-hydrogen) atoms. The second-order valence-corrected chi connectivity index (χ2v) is 9.46. The molecule has 0 radical (unpaired) electrons. The third kappa shape index (κ3) is 3.73. The number of thioether (sulfide) groups is 1. The summed E-state index contributed by atoms with van der Waals surface area (Å²) in [6.07, 6.45) is 2.08. The molecule has 0 unspecified atom stereocenters. The molecule has 0 saturated carbocycles. The summed E-state index contributed by atoms with van der Waals surface area (Å²) in [7, 11) is 1.23. The van der Waals surface area contributed by atoms with Crippen molar-refractivity contribution in [1.29, 1.82) is 0 Å². The van der Waals surface area contributed by atoms with Crippen LogP contribution in [-0.4, -0.2) is 48.2 Å². The number of methoxy groups -OCH3 is 1. The van der Waals surface area contributed by atoms with E-state index in [4.69, 9.17) is 4.74 Å². The number of esters is 1. The molecule has 2 fully saturated rings. The fourth-order valence-electron chi connectivity index (χ4n) is 5.08. The lowest BCUT2D eigenvalue weighted by Gasteiger charge is -2.32. The molecule has 178 valence electrons. The minimum absolute atomic E-state index is 0.202. The number of nitrogens with one attached hydrogen (secondary N) is 1. The van der Waals surface area contributed by atoms with Gasteiger partial charge in [-0.3, -0.25) is 24.5 Å². The Kier molecular flexibility index (Phi) is 6.60. The van der Waals surface area contributed by atoms with Crippen LogP contribution in [0.2, 0.25) is 0 Å². The van der Waals surface area contributed by atoms with Gasteiger partial charge in [-0.15, -0.1) is 0 Å². The van der Waals surface area contributed by atoms with E-state index >= 15 is 0 Å². The van der Waals surface area contributed by atoms with Gasteiger partial charge in [-0.1, -0.05) is 30.3 Å². The maximum absolute atomic E-state index is 14.9. The van der Waals surface area contributed by atoms with Crippen LogP contribution >= 0.6 is 11.8 Å². The Balaban J connectivity index is 1.88. The molecule has 0 bridgehead atoms. The van der Waals surface area contributed by atoms with Crippen LogP contribution in [0.5, 0.6) is 0 Å². The smallest absolute Gasteiger partial charge is 0.326 e. The van der Waals surface area contributed by atoms with E-state index in [1.54, 1.807) is 30.3 Å². The minimum atomic E-state index is -1.50. The highest BCUT2D eigenvalue weighted by Crippen LogP contribution is 2.51. The van der Waals surface area contributed by atoms with Crippen LogP contribution in [0.1, 0.15) is 35.3 Å². The Bertz CT molecular complexity index is 1170. The Morgan fingerprint density at radius 2 is 1.88 bits per heavy atom. The summed E-state index contributed by atoms with van der Waals surface area (Å²) < 4.78 is 20.0. The standard InChI is InChI=1S/C25H25FN2O5S/c1-14(29)15-7-6-8-16(13-15)28-22(30)19-20(23(28)31)25(11-12-34-3,24(32)33-2)27-21(19)17-9-4-5-10-18(17)26/h4-10,13,19-21,27H,11-12H2,1-3H3/t19-,20+,21-,25-/m1/s1. The lowest BCUT2D eigenvalue weighted by Crippen LogP contribution is -2.56. The van der Waals surface area contributed by atoms with Crippen LogP contribution in [-0.2, 0) is 19.1 Å². The summed E-state index contributed by atoms with van der Waals surface area (Å²) in [6, 6.07) is 11.3. The zero-order valence-corrected chi connectivity index (χ0v) is 19.9. The monoisotopic (exact) mass is 484 g/mol. The van der Waals surface area contributed by atoms with Gasteiger partial charge in [0.25, 0.3) is 0 Å². The molecule has 2 aliphatic heterocycles. The first kappa shape index (κ1) is 24.1. The number of nitrogens with zero attached hydrogens (tertiary/aromatic N) is 1. The van der Waals surface area contributed by atoms with E-state index < -0.39 is 47.0 Å². The molecule has 9 heteroatoms. The van der Waals surface area contributed by atoms with E-state index in [1.165, 1.54) is 44.0 Å². The predicted octanol–water partition coefficient (Wildman–Crippen LogP) is 3.14. The fourth-order valence-corrected chi connectivity index (χ4v) is 5.61. The van der Waals surface area contributed by atoms with Crippen molar-refractivity contribution in [1.82, 2.24) is 5.32 Å². The molecule has 2 amide bonds. The number of hydrogen-bond donors (Lipinski definition) is 1. The molecule has 2 aliphatic rings. The van der Waals surface area contributed by atoms with Gasteiger partial charge in [-0.2, -0.15) is 11.8 Å². The van der Waals surface area contributed by atoms with Crippen LogP contribution < -0.4 is 10.2 Å². The van der Waals surface area contributed by atoms with Gasteiger partial charge in [0, 0.05) is 17.2 Å². The molecular formula is C25H25FN2O5S. The van der Waals surface area contributed by atoms with Gasteiger partial charge in [0.1, 0.15) is 11.4 Å². The van der Waals surface area contributed by atoms with Crippen molar-refractivity contribution < 1.29 is 28.3 Å². The van der Waals surface area contributed by atoms with Crippen LogP contribution in [0.25, 0.3) is 0 Å². The summed E-state index contributed by atoms with van der Waals surface area (Å²) in [5.41, 5.74) is -0.712.